The van der Waals surface area contributed by atoms with Gasteiger partial charge in [-0.1, -0.05) is 62.4 Å². The molecule has 0 bridgehead atoms. The smallest absolute Gasteiger partial charge is 0.234 e. The number of nitrogen functional groups attached to an aromatic ring is 1. The Kier molecular flexibility index (Phi) is 6.66. The summed E-state index contributed by atoms with van der Waals surface area (Å²) in [6.45, 7) is 8.69. The number of carbonyl (C=O) groups excluding carboxylic acids is 1. The number of carbonyl (C=O) groups is 1. The van der Waals surface area contributed by atoms with E-state index in [1.165, 1.54) is 22.0 Å². The second-order valence-corrected chi connectivity index (χ2v) is 8.98. The van der Waals surface area contributed by atoms with Crippen LogP contribution in [0.1, 0.15) is 37.7 Å². The van der Waals surface area contributed by atoms with Gasteiger partial charge in [-0.3, -0.25) is 4.79 Å². The number of anilines is 1. The number of rotatable bonds is 7. The number of hydrogen-bond donors (Lipinski definition) is 2. The fourth-order valence-corrected chi connectivity index (χ4v) is 3.34. The van der Waals surface area contributed by atoms with Gasteiger partial charge in [0.05, 0.1) is 5.75 Å². The van der Waals surface area contributed by atoms with Crippen molar-refractivity contribution < 1.29 is 9.53 Å². The van der Waals surface area contributed by atoms with Crippen molar-refractivity contribution in [3.05, 3.63) is 65.5 Å². The first-order valence-electron chi connectivity index (χ1n) is 9.64. The molecule has 0 unspecified atom stereocenters. The van der Waals surface area contributed by atoms with Crippen LogP contribution in [0.4, 0.5) is 5.69 Å². The minimum absolute atomic E-state index is 0.0911. The highest BCUT2D eigenvalue weighted by atomic mass is 32.2. The zero-order valence-corrected chi connectivity index (χ0v) is 18.5. The molecule has 0 saturated heterocycles. The van der Waals surface area contributed by atoms with Gasteiger partial charge in [0.2, 0.25) is 11.1 Å². The molecule has 0 aliphatic rings. The Morgan fingerprint density at radius 2 is 1.77 bits per heavy atom. The van der Waals surface area contributed by atoms with Gasteiger partial charge in [0, 0.05) is 5.69 Å². The number of nitrogens with one attached hydrogen (secondary N) is 1. The Hall–Kier alpha value is -3.00. The summed E-state index contributed by atoms with van der Waals surface area (Å²) in [7, 11) is 0. The van der Waals surface area contributed by atoms with E-state index < -0.39 is 0 Å². The van der Waals surface area contributed by atoms with Crippen molar-refractivity contribution in [1.29, 1.82) is 0 Å². The van der Waals surface area contributed by atoms with E-state index in [1.54, 1.807) is 0 Å². The van der Waals surface area contributed by atoms with Crippen molar-refractivity contribution in [2.75, 3.05) is 16.9 Å². The first-order chi connectivity index (χ1) is 14.2. The Labute approximate surface area is 181 Å². The zero-order valence-electron chi connectivity index (χ0n) is 17.7. The molecular formula is C22H27N5O2S. The van der Waals surface area contributed by atoms with Gasteiger partial charge in [0.15, 0.2) is 5.82 Å². The van der Waals surface area contributed by atoms with Crippen molar-refractivity contribution in [3.8, 4) is 5.75 Å². The van der Waals surface area contributed by atoms with E-state index in [2.05, 4.69) is 48.4 Å². The summed E-state index contributed by atoms with van der Waals surface area (Å²) in [5.41, 5.74) is 3.22. The molecule has 7 nitrogen and oxygen atoms in total. The average Bonchev–Trinajstić information content (AvgIpc) is 3.06. The molecule has 0 radical (unpaired) electrons. The van der Waals surface area contributed by atoms with Crippen molar-refractivity contribution in [2.24, 2.45) is 0 Å². The summed E-state index contributed by atoms with van der Waals surface area (Å²) in [6, 6.07) is 15.6. The van der Waals surface area contributed by atoms with Gasteiger partial charge in [-0.05, 0) is 42.2 Å². The van der Waals surface area contributed by atoms with Gasteiger partial charge in [0.25, 0.3) is 0 Å². The Morgan fingerprint density at radius 1 is 1.10 bits per heavy atom. The molecule has 1 heterocycles. The number of nitrogens with zero attached hydrogens (tertiary/aromatic N) is 3. The molecule has 8 heteroatoms. The highest BCUT2D eigenvalue weighted by molar-refractivity contribution is 7.99. The monoisotopic (exact) mass is 425 g/mol. The van der Waals surface area contributed by atoms with Crippen LogP contribution in [-0.4, -0.2) is 26.5 Å². The molecule has 0 spiro atoms. The predicted molar refractivity (Wildman–Crippen MR) is 120 cm³/mol. The van der Waals surface area contributed by atoms with Crippen LogP contribution in [0.5, 0.6) is 5.75 Å². The van der Waals surface area contributed by atoms with Gasteiger partial charge in [-0.2, -0.15) is 0 Å². The van der Waals surface area contributed by atoms with Crippen molar-refractivity contribution >= 4 is 23.4 Å². The van der Waals surface area contributed by atoms with Crippen LogP contribution >= 0.6 is 11.8 Å². The molecule has 1 aromatic heterocycles. The van der Waals surface area contributed by atoms with E-state index in [9.17, 15) is 4.79 Å². The van der Waals surface area contributed by atoms with Crippen LogP contribution in [0.3, 0.4) is 0 Å². The van der Waals surface area contributed by atoms with Crippen LogP contribution in [0.15, 0.2) is 53.7 Å². The van der Waals surface area contributed by atoms with E-state index in [0.717, 1.165) is 17.0 Å². The summed E-state index contributed by atoms with van der Waals surface area (Å²) < 4.78 is 7.13. The number of aryl methyl sites for hydroxylation is 1. The number of thioether (sulfide) groups is 1. The molecule has 3 aromatic rings. The van der Waals surface area contributed by atoms with Crippen molar-refractivity contribution in [1.82, 2.24) is 14.9 Å². The van der Waals surface area contributed by atoms with Crippen LogP contribution in [0, 0.1) is 6.92 Å². The lowest BCUT2D eigenvalue weighted by atomic mass is 9.87. The fourth-order valence-electron chi connectivity index (χ4n) is 2.67. The topological polar surface area (TPSA) is 95.1 Å². The highest BCUT2D eigenvalue weighted by Gasteiger charge is 2.15. The molecule has 3 N–H and O–H groups in total. The Morgan fingerprint density at radius 3 is 2.40 bits per heavy atom. The van der Waals surface area contributed by atoms with E-state index in [1.807, 2.05) is 43.3 Å². The summed E-state index contributed by atoms with van der Waals surface area (Å²) in [6.07, 6.45) is 0. The van der Waals surface area contributed by atoms with E-state index in [-0.39, 0.29) is 23.7 Å². The Bertz CT molecular complexity index is 992. The molecule has 0 fully saturated rings. The molecule has 0 atom stereocenters. The summed E-state index contributed by atoms with van der Waals surface area (Å²) in [4.78, 5) is 12.1. The van der Waals surface area contributed by atoms with Crippen LogP contribution in [-0.2, 0) is 16.8 Å². The zero-order chi connectivity index (χ0) is 21.7. The van der Waals surface area contributed by atoms with Gasteiger partial charge in [0.1, 0.15) is 12.4 Å². The molecule has 30 heavy (non-hydrogen) atoms. The normalized spacial score (nSPS) is 11.3. The highest BCUT2D eigenvalue weighted by Crippen LogP contribution is 2.24. The average molecular weight is 426 g/mol. The molecule has 0 saturated carbocycles. The largest absolute Gasteiger partial charge is 0.486 e. The van der Waals surface area contributed by atoms with Gasteiger partial charge in [-0.25, -0.2) is 4.68 Å². The second kappa shape index (κ2) is 9.21. The molecule has 0 aliphatic carbocycles. The fraction of sp³-hybridized carbons (Fsp3) is 0.318. The predicted octanol–water partition coefficient (Wildman–Crippen LogP) is 3.91. The maximum atomic E-state index is 12.1. The third kappa shape index (κ3) is 5.76. The third-order valence-electron chi connectivity index (χ3n) is 4.49. The minimum atomic E-state index is -0.136. The maximum absolute atomic E-state index is 12.1. The van der Waals surface area contributed by atoms with E-state index >= 15 is 0 Å². The van der Waals surface area contributed by atoms with Crippen LogP contribution in [0.25, 0.3) is 0 Å². The molecule has 0 aliphatic heterocycles. The second-order valence-electron chi connectivity index (χ2n) is 8.03. The minimum Gasteiger partial charge on any atom is -0.486 e. The quantitative estimate of drug-likeness (QED) is 0.440. The molecule has 158 valence electrons. The third-order valence-corrected chi connectivity index (χ3v) is 5.43. The van der Waals surface area contributed by atoms with Gasteiger partial charge < -0.3 is 15.9 Å². The van der Waals surface area contributed by atoms with E-state index in [0.29, 0.717) is 11.0 Å². The number of benzene rings is 2. The number of ether oxygens (including phenoxy) is 1. The van der Waals surface area contributed by atoms with Crippen molar-refractivity contribution in [3.63, 3.8) is 0 Å². The molecule has 2 aromatic carbocycles. The number of aromatic nitrogens is 3. The van der Waals surface area contributed by atoms with Crippen molar-refractivity contribution in [2.45, 2.75) is 44.9 Å². The van der Waals surface area contributed by atoms with Gasteiger partial charge in [-0.15, -0.1) is 10.2 Å². The number of amides is 1. The number of nitrogens with two attached hydrogens (primary N) is 1. The lowest BCUT2D eigenvalue weighted by Crippen LogP contribution is -2.18. The first-order valence-corrected chi connectivity index (χ1v) is 10.6. The summed E-state index contributed by atoms with van der Waals surface area (Å²) >= 11 is 1.22. The molecular weight excluding hydrogens is 398 g/mol. The van der Waals surface area contributed by atoms with Crippen LogP contribution in [0.2, 0.25) is 0 Å². The lowest BCUT2D eigenvalue weighted by Gasteiger charge is -2.19. The van der Waals surface area contributed by atoms with Crippen LogP contribution < -0.4 is 15.9 Å². The first kappa shape index (κ1) is 21.7. The standard InChI is InChI=1S/C22H27N5O2S/c1-15-5-9-17(10-6-15)24-20(28)14-30-21-26-25-19(27(21)23)13-29-18-11-7-16(8-12-18)22(2,3)4/h5-12H,13-14,23H2,1-4H3,(H,24,28). The summed E-state index contributed by atoms with van der Waals surface area (Å²) in [5.74, 6) is 7.32. The lowest BCUT2D eigenvalue weighted by molar-refractivity contribution is -0.113. The van der Waals surface area contributed by atoms with E-state index in [4.69, 9.17) is 10.6 Å². The molecule has 1 amide bonds. The van der Waals surface area contributed by atoms with Gasteiger partial charge >= 0.3 is 0 Å². The maximum Gasteiger partial charge on any atom is 0.234 e. The molecule has 3 rings (SSSR count). The summed E-state index contributed by atoms with van der Waals surface area (Å²) in [5, 5.41) is 11.4. The SMILES string of the molecule is Cc1ccc(NC(=O)CSc2nnc(COc3ccc(C(C)(C)C)cc3)n2N)cc1. The number of hydrogen-bond acceptors (Lipinski definition) is 6. The Balaban J connectivity index is 1.51.